The van der Waals surface area contributed by atoms with Gasteiger partial charge in [0.2, 0.25) is 5.91 Å². The Kier molecular flexibility index (Phi) is 7.64. The molecule has 2 heteroatoms. The SMILES string of the molecule is CCCCCCC1CCC(C(=O)N[C@H](C)c2ccccc2)CC1. The molecule has 0 aromatic heterocycles. The third-order valence-electron chi connectivity index (χ3n) is 5.34. The van der Waals surface area contributed by atoms with E-state index >= 15 is 0 Å². The van der Waals surface area contributed by atoms with Crippen molar-refractivity contribution in [3.05, 3.63) is 35.9 Å². The zero-order valence-electron chi connectivity index (χ0n) is 14.9. The van der Waals surface area contributed by atoms with Crippen molar-refractivity contribution in [1.29, 1.82) is 0 Å². The van der Waals surface area contributed by atoms with Crippen LogP contribution in [-0.2, 0) is 4.79 Å². The molecule has 1 aromatic carbocycles. The van der Waals surface area contributed by atoms with Gasteiger partial charge in [0.25, 0.3) is 0 Å². The normalized spacial score (nSPS) is 22.5. The number of amides is 1. The molecule has 0 aliphatic heterocycles. The smallest absolute Gasteiger partial charge is 0.223 e. The first-order valence-corrected chi connectivity index (χ1v) is 9.56. The summed E-state index contributed by atoms with van der Waals surface area (Å²) in [6, 6.07) is 10.3. The van der Waals surface area contributed by atoms with Crippen molar-refractivity contribution in [2.45, 2.75) is 77.7 Å². The molecule has 0 bridgehead atoms. The van der Waals surface area contributed by atoms with Crippen LogP contribution in [0.3, 0.4) is 0 Å². The highest BCUT2D eigenvalue weighted by Gasteiger charge is 2.26. The van der Waals surface area contributed by atoms with Gasteiger partial charge in [-0.2, -0.15) is 0 Å². The van der Waals surface area contributed by atoms with E-state index in [9.17, 15) is 4.79 Å². The van der Waals surface area contributed by atoms with Crippen LogP contribution in [0.4, 0.5) is 0 Å². The van der Waals surface area contributed by atoms with Gasteiger partial charge in [0, 0.05) is 5.92 Å². The lowest BCUT2D eigenvalue weighted by molar-refractivity contribution is -0.126. The number of carbonyl (C=O) groups excluding carboxylic acids is 1. The van der Waals surface area contributed by atoms with Crippen molar-refractivity contribution in [2.24, 2.45) is 11.8 Å². The average Bonchev–Trinajstić information content (AvgIpc) is 2.60. The van der Waals surface area contributed by atoms with E-state index in [2.05, 4.69) is 31.3 Å². The zero-order chi connectivity index (χ0) is 16.5. The van der Waals surface area contributed by atoms with E-state index in [1.54, 1.807) is 0 Å². The lowest BCUT2D eigenvalue weighted by Gasteiger charge is -2.28. The first-order chi connectivity index (χ1) is 11.2. The molecule has 1 fully saturated rings. The van der Waals surface area contributed by atoms with Gasteiger partial charge in [-0.1, -0.05) is 69.4 Å². The van der Waals surface area contributed by atoms with Crippen LogP contribution in [0.25, 0.3) is 0 Å². The number of benzene rings is 1. The average molecular weight is 316 g/mol. The van der Waals surface area contributed by atoms with E-state index in [1.165, 1.54) is 50.5 Å². The monoisotopic (exact) mass is 315 g/mol. The van der Waals surface area contributed by atoms with Crippen molar-refractivity contribution < 1.29 is 4.79 Å². The molecule has 2 rings (SSSR count). The van der Waals surface area contributed by atoms with Crippen molar-refractivity contribution in [3.8, 4) is 0 Å². The zero-order valence-corrected chi connectivity index (χ0v) is 14.9. The molecule has 2 nitrogen and oxygen atoms in total. The van der Waals surface area contributed by atoms with Crippen LogP contribution >= 0.6 is 0 Å². The minimum absolute atomic E-state index is 0.107. The van der Waals surface area contributed by atoms with Crippen LogP contribution in [0.2, 0.25) is 0 Å². The Balaban J connectivity index is 1.69. The van der Waals surface area contributed by atoms with Crippen molar-refractivity contribution in [1.82, 2.24) is 5.32 Å². The minimum atomic E-state index is 0.107. The lowest BCUT2D eigenvalue weighted by atomic mass is 9.79. The Morgan fingerprint density at radius 1 is 1.09 bits per heavy atom. The number of nitrogens with one attached hydrogen (secondary N) is 1. The molecule has 0 saturated heterocycles. The lowest BCUT2D eigenvalue weighted by Crippen LogP contribution is -2.34. The summed E-state index contributed by atoms with van der Waals surface area (Å²) in [7, 11) is 0. The fourth-order valence-corrected chi connectivity index (χ4v) is 3.73. The second-order valence-electron chi connectivity index (χ2n) is 7.21. The fourth-order valence-electron chi connectivity index (χ4n) is 3.73. The molecule has 1 aromatic rings. The van der Waals surface area contributed by atoms with Crippen LogP contribution in [0, 0.1) is 11.8 Å². The van der Waals surface area contributed by atoms with Gasteiger partial charge in [0.15, 0.2) is 0 Å². The standard InChI is InChI=1S/C21H33NO/c1-3-4-5-7-10-18-13-15-20(16-14-18)21(23)22-17(2)19-11-8-6-9-12-19/h6,8-9,11-12,17-18,20H,3-5,7,10,13-16H2,1-2H3,(H,22,23)/t17-,18?,20?/m1/s1. The molecule has 0 radical (unpaired) electrons. The van der Waals surface area contributed by atoms with Crippen LogP contribution in [0.15, 0.2) is 30.3 Å². The third-order valence-corrected chi connectivity index (χ3v) is 5.34. The van der Waals surface area contributed by atoms with Crippen LogP contribution in [-0.4, -0.2) is 5.91 Å². The largest absolute Gasteiger partial charge is 0.349 e. The summed E-state index contributed by atoms with van der Waals surface area (Å²) in [5.41, 5.74) is 1.19. The Bertz CT molecular complexity index is 448. The third kappa shape index (κ3) is 6.01. The van der Waals surface area contributed by atoms with Crippen LogP contribution < -0.4 is 5.32 Å². The van der Waals surface area contributed by atoms with Crippen LogP contribution in [0.5, 0.6) is 0 Å². The highest BCUT2D eigenvalue weighted by atomic mass is 16.1. The quantitative estimate of drug-likeness (QED) is 0.618. The van der Waals surface area contributed by atoms with Gasteiger partial charge in [-0.3, -0.25) is 4.79 Å². The summed E-state index contributed by atoms with van der Waals surface area (Å²) in [4.78, 5) is 12.5. The van der Waals surface area contributed by atoms with Crippen molar-refractivity contribution in [2.75, 3.05) is 0 Å². The summed E-state index contributed by atoms with van der Waals surface area (Å²) < 4.78 is 0. The Labute approximate surface area is 142 Å². The molecule has 0 unspecified atom stereocenters. The van der Waals surface area contributed by atoms with E-state index in [0.29, 0.717) is 0 Å². The van der Waals surface area contributed by atoms with Gasteiger partial charge in [0.1, 0.15) is 0 Å². The van der Waals surface area contributed by atoms with Gasteiger partial charge in [-0.05, 0) is 44.1 Å². The maximum Gasteiger partial charge on any atom is 0.223 e. The Hall–Kier alpha value is -1.31. The number of carbonyl (C=O) groups is 1. The van der Waals surface area contributed by atoms with Gasteiger partial charge < -0.3 is 5.32 Å². The number of hydrogen-bond donors (Lipinski definition) is 1. The summed E-state index contributed by atoms with van der Waals surface area (Å²) in [5, 5.41) is 3.20. The molecule has 1 aliphatic carbocycles. The maximum absolute atomic E-state index is 12.5. The molecule has 23 heavy (non-hydrogen) atoms. The molecule has 1 saturated carbocycles. The number of unbranched alkanes of at least 4 members (excludes halogenated alkanes) is 3. The highest BCUT2D eigenvalue weighted by molar-refractivity contribution is 5.79. The van der Waals surface area contributed by atoms with Gasteiger partial charge >= 0.3 is 0 Å². The van der Waals surface area contributed by atoms with Gasteiger partial charge in [0.05, 0.1) is 6.04 Å². The summed E-state index contributed by atoms with van der Waals surface area (Å²) in [6.45, 7) is 4.34. The van der Waals surface area contributed by atoms with E-state index in [-0.39, 0.29) is 17.9 Å². The second-order valence-corrected chi connectivity index (χ2v) is 7.21. The second kappa shape index (κ2) is 9.75. The summed E-state index contributed by atoms with van der Waals surface area (Å²) >= 11 is 0. The van der Waals surface area contributed by atoms with Crippen molar-refractivity contribution >= 4 is 5.91 Å². The predicted molar refractivity (Wildman–Crippen MR) is 97.2 cm³/mol. The molecule has 0 spiro atoms. The van der Waals surface area contributed by atoms with E-state index < -0.39 is 0 Å². The summed E-state index contributed by atoms with van der Waals surface area (Å²) in [5.74, 6) is 1.35. The Morgan fingerprint density at radius 2 is 1.78 bits per heavy atom. The minimum Gasteiger partial charge on any atom is -0.349 e. The maximum atomic E-state index is 12.5. The van der Waals surface area contributed by atoms with E-state index in [1.807, 2.05) is 18.2 Å². The molecule has 1 amide bonds. The Morgan fingerprint density at radius 3 is 2.43 bits per heavy atom. The highest BCUT2D eigenvalue weighted by Crippen LogP contribution is 2.32. The first kappa shape index (κ1) is 18.0. The van der Waals surface area contributed by atoms with E-state index in [4.69, 9.17) is 0 Å². The molecular formula is C21H33NO. The van der Waals surface area contributed by atoms with E-state index in [0.717, 1.165) is 18.8 Å². The molecule has 1 N–H and O–H groups in total. The molecule has 0 heterocycles. The van der Waals surface area contributed by atoms with Crippen molar-refractivity contribution in [3.63, 3.8) is 0 Å². The van der Waals surface area contributed by atoms with Gasteiger partial charge in [-0.25, -0.2) is 0 Å². The first-order valence-electron chi connectivity index (χ1n) is 9.56. The molecule has 128 valence electrons. The topological polar surface area (TPSA) is 29.1 Å². The van der Waals surface area contributed by atoms with Crippen LogP contribution in [0.1, 0.15) is 83.2 Å². The summed E-state index contributed by atoms with van der Waals surface area (Å²) in [6.07, 6.45) is 11.4. The van der Waals surface area contributed by atoms with Gasteiger partial charge in [-0.15, -0.1) is 0 Å². The molecule has 1 atom stereocenters. The molecular weight excluding hydrogens is 282 g/mol. The predicted octanol–water partition coefficient (Wildman–Crippen LogP) is 5.64. The number of rotatable bonds is 8. The molecule has 1 aliphatic rings. The number of hydrogen-bond acceptors (Lipinski definition) is 1. The fraction of sp³-hybridized carbons (Fsp3) is 0.667.